The first-order chi connectivity index (χ1) is 9.90. The van der Waals surface area contributed by atoms with Gasteiger partial charge in [-0.25, -0.2) is 0 Å². The molecule has 4 nitrogen and oxygen atoms in total. The molecular weight excluding hydrogens is 248 g/mol. The Bertz CT molecular complexity index is 399. The lowest BCUT2D eigenvalue weighted by Crippen LogP contribution is -2.13. The Morgan fingerprint density at radius 2 is 0.600 bits per heavy atom. The first-order valence-corrected chi connectivity index (χ1v) is 8.12. The SMILES string of the molecule is C1CCC(=NN=C2CCC(=NN=C3CCCC3)CC2)C1. The zero-order valence-electron chi connectivity index (χ0n) is 12.3. The maximum Gasteiger partial charge on any atom is 0.0413 e. The van der Waals surface area contributed by atoms with Gasteiger partial charge in [-0.05, 0) is 77.0 Å². The summed E-state index contributed by atoms with van der Waals surface area (Å²) in [5.41, 5.74) is 5.09. The van der Waals surface area contributed by atoms with Crippen LogP contribution in [0, 0.1) is 0 Å². The molecule has 0 aliphatic heterocycles. The van der Waals surface area contributed by atoms with Gasteiger partial charge in [-0.1, -0.05) is 0 Å². The topological polar surface area (TPSA) is 49.4 Å². The fourth-order valence-corrected chi connectivity index (χ4v) is 3.08. The van der Waals surface area contributed by atoms with Crippen LogP contribution in [-0.4, -0.2) is 22.8 Å². The third kappa shape index (κ3) is 3.84. The monoisotopic (exact) mass is 272 g/mol. The van der Waals surface area contributed by atoms with E-state index in [-0.39, 0.29) is 0 Å². The molecule has 0 atom stereocenters. The summed E-state index contributed by atoms with van der Waals surface area (Å²) in [6.07, 6.45) is 13.8. The molecule has 108 valence electrons. The summed E-state index contributed by atoms with van der Waals surface area (Å²) in [5, 5.41) is 17.7. The maximum absolute atomic E-state index is 4.45. The van der Waals surface area contributed by atoms with E-state index >= 15 is 0 Å². The molecule has 20 heavy (non-hydrogen) atoms. The third-order valence-corrected chi connectivity index (χ3v) is 4.43. The van der Waals surface area contributed by atoms with Gasteiger partial charge in [-0.3, -0.25) is 0 Å². The molecule has 3 rings (SSSR count). The Balaban J connectivity index is 1.51. The van der Waals surface area contributed by atoms with Crippen LogP contribution in [0.2, 0.25) is 0 Å². The van der Waals surface area contributed by atoms with Crippen molar-refractivity contribution in [2.24, 2.45) is 20.4 Å². The van der Waals surface area contributed by atoms with E-state index in [1.165, 1.54) is 48.5 Å². The van der Waals surface area contributed by atoms with Crippen molar-refractivity contribution >= 4 is 22.8 Å². The smallest absolute Gasteiger partial charge is 0.0413 e. The van der Waals surface area contributed by atoms with Crippen molar-refractivity contribution in [3.8, 4) is 0 Å². The highest BCUT2D eigenvalue weighted by atomic mass is 15.2. The quantitative estimate of drug-likeness (QED) is 0.673. The molecule has 0 amide bonds. The second-order valence-electron chi connectivity index (χ2n) is 6.08. The molecule has 0 spiro atoms. The summed E-state index contributed by atoms with van der Waals surface area (Å²) >= 11 is 0. The normalized spacial score (nSPS) is 23.2. The summed E-state index contributed by atoms with van der Waals surface area (Å²) in [4.78, 5) is 0. The van der Waals surface area contributed by atoms with E-state index in [1.54, 1.807) is 0 Å². The zero-order chi connectivity index (χ0) is 13.6. The molecule has 3 aliphatic carbocycles. The van der Waals surface area contributed by atoms with Crippen molar-refractivity contribution in [1.82, 2.24) is 0 Å². The molecule has 4 heteroatoms. The first-order valence-electron chi connectivity index (χ1n) is 8.12. The predicted octanol–water partition coefficient (Wildman–Crippen LogP) is 4.30. The van der Waals surface area contributed by atoms with Crippen molar-refractivity contribution in [2.45, 2.75) is 77.0 Å². The molecule has 3 saturated carbocycles. The van der Waals surface area contributed by atoms with Crippen molar-refractivity contribution in [1.29, 1.82) is 0 Å². The number of hydrogen-bond acceptors (Lipinski definition) is 4. The lowest BCUT2D eigenvalue weighted by atomic mass is 9.97. The van der Waals surface area contributed by atoms with E-state index in [2.05, 4.69) is 20.4 Å². The van der Waals surface area contributed by atoms with Gasteiger partial charge in [0.25, 0.3) is 0 Å². The van der Waals surface area contributed by atoms with Crippen LogP contribution in [0.5, 0.6) is 0 Å². The highest BCUT2D eigenvalue weighted by Gasteiger charge is 2.14. The summed E-state index contributed by atoms with van der Waals surface area (Å²) in [6.45, 7) is 0. The van der Waals surface area contributed by atoms with Crippen molar-refractivity contribution < 1.29 is 0 Å². The van der Waals surface area contributed by atoms with Crippen molar-refractivity contribution in [2.75, 3.05) is 0 Å². The molecule has 0 radical (unpaired) electrons. The Labute approximate surface area is 121 Å². The van der Waals surface area contributed by atoms with Gasteiger partial charge in [-0.2, -0.15) is 20.4 Å². The molecule has 0 heterocycles. The van der Waals surface area contributed by atoms with E-state index in [9.17, 15) is 0 Å². The summed E-state index contributed by atoms with van der Waals surface area (Å²) in [7, 11) is 0. The molecule has 0 saturated heterocycles. The Morgan fingerprint density at radius 1 is 0.350 bits per heavy atom. The highest BCUT2D eigenvalue weighted by molar-refractivity contribution is 5.99. The second kappa shape index (κ2) is 6.91. The lowest BCUT2D eigenvalue weighted by Gasteiger charge is -2.13. The van der Waals surface area contributed by atoms with Crippen LogP contribution in [0.25, 0.3) is 0 Å². The number of rotatable bonds is 2. The summed E-state index contributed by atoms with van der Waals surface area (Å²) in [6, 6.07) is 0. The molecule has 3 aliphatic rings. The van der Waals surface area contributed by atoms with E-state index in [4.69, 9.17) is 0 Å². The number of hydrogen-bond donors (Lipinski definition) is 0. The minimum atomic E-state index is 1.01. The fraction of sp³-hybridized carbons (Fsp3) is 0.750. The van der Waals surface area contributed by atoms with Gasteiger partial charge >= 0.3 is 0 Å². The summed E-state index contributed by atoms with van der Waals surface area (Å²) < 4.78 is 0. The second-order valence-corrected chi connectivity index (χ2v) is 6.08. The highest BCUT2D eigenvalue weighted by Crippen LogP contribution is 2.18. The molecule has 0 aromatic rings. The molecule has 0 bridgehead atoms. The van der Waals surface area contributed by atoms with Crippen molar-refractivity contribution in [3.63, 3.8) is 0 Å². The van der Waals surface area contributed by atoms with Crippen LogP contribution in [0.4, 0.5) is 0 Å². The van der Waals surface area contributed by atoms with E-state index in [0.717, 1.165) is 51.4 Å². The van der Waals surface area contributed by atoms with E-state index in [0.29, 0.717) is 0 Å². The van der Waals surface area contributed by atoms with E-state index in [1.807, 2.05) is 0 Å². The average molecular weight is 272 g/mol. The van der Waals surface area contributed by atoms with Crippen LogP contribution in [0.15, 0.2) is 20.4 Å². The predicted molar refractivity (Wildman–Crippen MR) is 85.1 cm³/mol. The van der Waals surface area contributed by atoms with Crippen molar-refractivity contribution in [3.05, 3.63) is 0 Å². The van der Waals surface area contributed by atoms with Gasteiger partial charge in [0.1, 0.15) is 0 Å². The van der Waals surface area contributed by atoms with Crippen LogP contribution in [-0.2, 0) is 0 Å². The van der Waals surface area contributed by atoms with Gasteiger partial charge in [0.05, 0.1) is 0 Å². The zero-order valence-corrected chi connectivity index (χ0v) is 12.3. The van der Waals surface area contributed by atoms with Crippen LogP contribution >= 0.6 is 0 Å². The minimum Gasteiger partial charge on any atom is -0.160 e. The Morgan fingerprint density at radius 3 is 0.900 bits per heavy atom. The molecule has 0 unspecified atom stereocenters. The van der Waals surface area contributed by atoms with Gasteiger partial charge < -0.3 is 0 Å². The number of nitrogens with zero attached hydrogens (tertiary/aromatic N) is 4. The Hall–Kier alpha value is -1.32. The first kappa shape index (κ1) is 13.7. The minimum absolute atomic E-state index is 1.01. The largest absolute Gasteiger partial charge is 0.160 e. The fourth-order valence-electron chi connectivity index (χ4n) is 3.08. The molecule has 0 N–H and O–H groups in total. The Kier molecular flexibility index (Phi) is 4.72. The van der Waals surface area contributed by atoms with E-state index < -0.39 is 0 Å². The standard InChI is InChI=1S/C16H24N4/c1-2-6-13(5-1)17-19-15-9-11-16(12-10-15)20-18-14-7-3-4-8-14/h1-12H2. The average Bonchev–Trinajstić information content (AvgIpc) is 3.17. The lowest BCUT2D eigenvalue weighted by molar-refractivity contribution is 0.886. The molecule has 0 aromatic carbocycles. The maximum atomic E-state index is 4.45. The van der Waals surface area contributed by atoms with Gasteiger partial charge in [-0.15, -0.1) is 0 Å². The summed E-state index contributed by atoms with van der Waals surface area (Å²) in [5.74, 6) is 0. The van der Waals surface area contributed by atoms with Gasteiger partial charge in [0.2, 0.25) is 0 Å². The third-order valence-electron chi connectivity index (χ3n) is 4.43. The molecule has 3 fully saturated rings. The van der Waals surface area contributed by atoms with Crippen LogP contribution < -0.4 is 0 Å². The molecule has 0 aromatic heterocycles. The van der Waals surface area contributed by atoms with Crippen LogP contribution in [0.1, 0.15) is 77.0 Å². The molecular formula is C16H24N4. The van der Waals surface area contributed by atoms with Gasteiger partial charge in [0, 0.05) is 22.8 Å². The van der Waals surface area contributed by atoms with Crippen LogP contribution in [0.3, 0.4) is 0 Å². The van der Waals surface area contributed by atoms with Gasteiger partial charge in [0.15, 0.2) is 0 Å².